The molecule has 132 valence electrons. The molecule has 2 N–H and O–H groups in total. The fraction of sp³-hybridized carbons (Fsp3) is 0.750. The Balaban J connectivity index is -0.0000000467. The normalized spacial score (nSPS) is 14.0. The van der Waals surface area contributed by atoms with Crippen molar-refractivity contribution in [2.24, 2.45) is 5.41 Å². The van der Waals surface area contributed by atoms with Crippen molar-refractivity contribution in [1.29, 1.82) is 0 Å². The predicted molar refractivity (Wildman–Crippen MR) is 111 cm³/mol. The molecule has 0 bridgehead atoms. The third-order valence-corrected chi connectivity index (χ3v) is 2.56. The average molecular weight is 418 g/mol. The predicted octanol–water partition coefficient (Wildman–Crippen LogP) is 7.41. The van der Waals surface area contributed by atoms with Crippen LogP contribution in [0.2, 0.25) is 39.3 Å². The van der Waals surface area contributed by atoms with E-state index >= 15 is 0 Å². The Kier molecular flexibility index (Phi) is 32.5. The standard InChI is InChI=1S/C10H15.2C3H9Si.2ClH.H2N.Ti/c1-7-6-10(4,5)9(3)8(7)2;2*1-4(2)3;;;;/h1-5H3;2*1-3H3;2*1H;1H2;/q-1;;;;;-1;+2. The third-order valence-electron chi connectivity index (χ3n) is 2.56. The number of allylic oxidation sites excluding steroid dienone is 4. The summed E-state index contributed by atoms with van der Waals surface area (Å²) in [5, 5.41) is 0. The first-order valence-electron chi connectivity index (χ1n) is 6.75. The van der Waals surface area contributed by atoms with Gasteiger partial charge in [0.1, 0.15) is 0 Å². The van der Waals surface area contributed by atoms with E-state index in [2.05, 4.69) is 80.0 Å². The number of hydrogen-bond acceptors (Lipinski definition) is 0. The van der Waals surface area contributed by atoms with Crippen LogP contribution >= 0.6 is 24.8 Å². The van der Waals surface area contributed by atoms with E-state index in [0.29, 0.717) is 0 Å². The van der Waals surface area contributed by atoms with Crippen molar-refractivity contribution in [1.82, 2.24) is 0 Å². The molecule has 6 heteroatoms. The van der Waals surface area contributed by atoms with Gasteiger partial charge < -0.3 is 6.15 Å². The van der Waals surface area contributed by atoms with E-state index in [0.717, 1.165) is 0 Å². The first-order valence-corrected chi connectivity index (χ1v) is 12.8. The van der Waals surface area contributed by atoms with Gasteiger partial charge in [-0.1, -0.05) is 72.4 Å². The molecule has 0 spiro atoms. The van der Waals surface area contributed by atoms with Crippen molar-refractivity contribution in [3.63, 3.8) is 0 Å². The molecule has 0 aromatic rings. The van der Waals surface area contributed by atoms with Crippen LogP contribution in [0.4, 0.5) is 0 Å². The molecule has 1 nitrogen and oxygen atoms in total. The minimum Gasteiger partial charge on any atom is -0.693 e. The summed E-state index contributed by atoms with van der Waals surface area (Å²) in [4.78, 5) is 0. The Morgan fingerprint density at radius 1 is 0.773 bits per heavy atom. The second-order valence-electron chi connectivity index (χ2n) is 6.62. The van der Waals surface area contributed by atoms with Crippen molar-refractivity contribution in [2.75, 3.05) is 0 Å². The van der Waals surface area contributed by atoms with E-state index in [9.17, 15) is 0 Å². The minimum absolute atomic E-state index is 0. The van der Waals surface area contributed by atoms with E-state index in [1.54, 1.807) is 0 Å². The van der Waals surface area contributed by atoms with Crippen molar-refractivity contribution < 1.29 is 21.7 Å². The molecule has 0 aromatic heterocycles. The summed E-state index contributed by atoms with van der Waals surface area (Å²) >= 11 is 0. The zero-order chi connectivity index (χ0) is 15.1. The summed E-state index contributed by atoms with van der Waals surface area (Å²) in [6.07, 6.45) is 3.44. The minimum atomic E-state index is 0. The Hall–Kier alpha value is 1.17. The van der Waals surface area contributed by atoms with Crippen LogP contribution in [0.5, 0.6) is 0 Å². The largest absolute Gasteiger partial charge is 2.00 e. The summed E-state index contributed by atoms with van der Waals surface area (Å²) in [6.45, 7) is 24.5. The molecule has 0 saturated heterocycles. The summed E-state index contributed by atoms with van der Waals surface area (Å²) in [6, 6.07) is 0. The molecule has 0 unspecified atom stereocenters. The monoisotopic (exact) mass is 417 g/mol. The third kappa shape index (κ3) is 21.2. The zero-order valence-corrected chi connectivity index (χ0v) is 21.6. The van der Waals surface area contributed by atoms with Gasteiger partial charge in [0.2, 0.25) is 0 Å². The van der Waals surface area contributed by atoms with Gasteiger partial charge in [-0.3, -0.25) is 6.08 Å². The summed E-state index contributed by atoms with van der Waals surface area (Å²) in [7, 11) is 0.241. The molecule has 0 heterocycles. The van der Waals surface area contributed by atoms with E-state index in [1.165, 1.54) is 16.7 Å². The van der Waals surface area contributed by atoms with Crippen LogP contribution in [0.25, 0.3) is 6.15 Å². The van der Waals surface area contributed by atoms with E-state index in [1.807, 2.05) is 0 Å². The van der Waals surface area contributed by atoms with Gasteiger partial charge in [0, 0.05) is 17.6 Å². The van der Waals surface area contributed by atoms with Gasteiger partial charge in [0.25, 0.3) is 0 Å². The molecule has 22 heavy (non-hydrogen) atoms. The number of rotatable bonds is 0. The van der Waals surface area contributed by atoms with Crippen LogP contribution < -0.4 is 0 Å². The van der Waals surface area contributed by atoms with Crippen LogP contribution in [0.3, 0.4) is 0 Å². The summed E-state index contributed by atoms with van der Waals surface area (Å²) in [5.74, 6) is 0. The van der Waals surface area contributed by atoms with Gasteiger partial charge in [-0.15, -0.1) is 31.7 Å². The van der Waals surface area contributed by atoms with Crippen LogP contribution in [0.1, 0.15) is 34.6 Å². The molecule has 0 atom stereocenters. The summed E-state index contributed by atoms with van der Waals surface area (Å²) < 4.78 is 0. The molecule has 1 rings (SSSR count). The second kappa shape index (κ2) is 18.5. The smallest absolute Gasteiger partial charge is 0.693 e. The molecule has 0 fully saturated rings. The van der Waals surface area contributed by atoms with Gasteiger partial charge in [-0.05, 0) is 0 Å². The fourth-order valence-electron chi connectivity index (χ4n) is 1.41. The average Bonchev–Trinajstić information content (AvgIpc) is 2.27. The molecule has 0 aromatic carbocycles. The van der Waals surface area contributed by atoms with Crippen LogP contribution in [0, 0.1) is 11.5 Å². The van der Waals surface area contributed by atoms with Crippen LogP contribution in [0.15, 0.2) is 16.7 Å². The molecular weight excluding hydrogens is 381 g/mol. The Bertz CT molecular complexity index is 304. The van der Waals surface area contributed by atoms with Crippen molar-refractivity contribution in [3.05, 3.63) is 28.9 Å². The first kappa shape index (κ1) is 38.6. The summed E-state index contributed by atoms with van der Waals surface area (Å²) in [5.41, 5.74) is 4.39. The van der Waals surface area contributed by atoms with Gasteiger partial charge >= 0.3 is 21.7 Å². The SMILES string of the molecule is CC1=[C-]C(C)(C)C(C)=C1C.C[Si](C)C.C[Si](C)C.Cl.Cl.[NH2-].[Ti+2]. The number of nitrogens with two attached hydrogens (primary N) is 1. The van der Waals surface area contributed by atoms with E-state index in [-0.39, 0.29) is 75.7 Å². The molecular formula is C16H37Cl2NSi2Ti. The zero-order valence-electron chi connectivity index (χ0n) is 16.4. The van der Waals surface area contributed by atoms with Crippen molar-refractivity contribution in [2.45, 2.75) is 73.9 Å². The Morgan fingerprint density at radius 2 is 1.00 bits per heavy atom. The topological polar surface area (TPSA) is 33.5 Å². The molecule has 2 radical (unpaired) electrons. The maximum absolute atomic E-state index is 3.44. The maximum atomic E-state index is 3.44. The van der Waals surface area contributed by atoms with Crippen molar-refractivity contribution >= 4 is 42.4 Å². The molecule has 1 aliphatic carbocycles. The van der Waals surface area contributed by atoms with Crippen molar-refractivity contribution in [3.8, 4) is 0 Å². The van der Waals surface area contributed by atoms with Gasteiger partial charge in [0.15, 0.2) is 0 Å². The maximum Gasteiger partial charge on any atom is 2.00 e. The van der Waals surface area contributed by atoms with Gasteiger partial charge in [0.05, 0.1) is 0 Å². The Morgan fingerprint density at radius 3 is 1.05 bits per heavy atom. The van der Waals surface area contributed by atoms with Crippen LogP contribution in [-0.2, 0) is 21.7 Å². The Labute approximate surface area is 171 Å². The first-order chi connectivity index (χ1) is 7.91. The quantitative estimate of drug-likeness (QED) is 0.290. The molecule has 0 aliphatic heterocycles. The van der Waals surface area contributed by atoms with E-state index < -0.39 is 0 Å². The second-order valence-corrected chi connectivity index (χ2v) is 12.6. The molecule has 1 aliphatic rings. The molecule has 0 saturated carbocycles. The fourth-order valence-corrected chi connectivity index (χ4v) is 1.41. The van der Waals surface area contributed by atoms with Gasteiger partial charge in [-0.2, -0.15) is 11.1 Å². The van der Waals surface area contributed by atoms with E-state index in [4.69, 9.17) is 0 Å². The number of hydrogen-bond donors (Lipinski definition) is 0. The van der Waals surface area contributed by atoms with Crippen LogP contribution in [-0.4, -0.2) is 17.6 Å². The van der Waals surface area contributed by atoms with Gasteiger partial charge in [-0.25, -0.2) is 5.57 Å². The molecule has 0 amide bonds. The number of halogens is 2.